The zero-order valence-corrected chi connectivity index (χ0v) is 15.6. The molecule has 2 N–H and O–H groups in total. The summed E-state index contributed by atoms with van der Waals surface area (Å²) in [6, 6.07) is 16.7. The van der Waals surface area contributed by atoms with E-state index in [1.807, 2.05) is 0 Å². The Morgan fingerprint density at radius 1 is 0.929 bits per heavy atom. The van der Waals surface area contributed by atoms with Crippen LogP contribution in [0.1, 0.15) is 21.6 Å². The van der Waals surface area contributed by atoms with Crippen molar-refractivity contribution < 1.29 is 17.6 Å². The van der Waals surface area contributed by atoms with Crippen molar-refractivity contribution in [2.24, 2.45) is 0 Å². The summed E-state index contributed by atoms with van der Waals surface area (Å²) in [5.74, 6) is -0.696. The molecule has 1 heterocycles. The fourth-order valence-electron chi connectivity index (χ4n) is 2.43. The molecule has 0 unspecified atom stereocenters. The maximum atomic E-state index is 12.9. The summed E-state index contributed by atoms with van der Waals surface area (Å²) in [4.78, 5) is 16.3. The molecule has 1 aromatic heterocycles. The van der Waals surface area contributed by atoms with Gasteiger partial charge in [0.05, 0.1) is 17.1 Å². The maximum absolute atomic E-state index is 12.9. The Labute approximate surface area is 162 Å². The average Bonchev–Trinajstić information content (AvgIpc) is 2.72. The molecule has 0 saturated carbocycles. The number of carbonyl (C=O) groups excluding carboxylic acids is 1. The van der Waals surface area contributed by atoms with E-state index in [0.29, 0.717) is 11.3 Å². The number of hydrogen-bond acceptors (Lipinski definition) is 4. The first-order valence-electron chi connectivity index (χ1n) is 8.46. The highest BCUT2D eigenvalue weighted by Crippen LogP contribution is 2.12. The SMILES string of the molecule is O=C(NCc1ccc(F)cc1)c1ccc(S(=O)(=O)NCc2ccccn2)cc1. The predicted molar refractivity (Wildman–Crippen MR) is 102 cm³/mol. The lowest BCUT2D eigenvalue weighted by atomic mass is 10.2. The molecule has 0 atom stereocenters. The van der Waals surface area contributed by atoms with Crippen molar-refractivity contribution in [2.75, 3.05) is 0 Å². The van der Waals surface area contributed by atoms with Gasteiger partial charge in [-0.05, 0) is 54.1 Å². The van der Waals surface area contributed by atoms with Gasteiger partial charge in [0, 0.05) is 18.3 Å². The van der Waals surface area contributed by atoms with E-state index in [1.165, 1.54) is 36.4 Å². The minimum atomic E-state index is -3.72. The van der Waals surface area contributed by atoms with Crippen LogP contribution < -0.4 is 10.0 Å². The van der Waals surface area contributed by atoms with E-state index in [-0.39, 0.29) is 29.7 Å². The van der Waals surface area contributed by atoms with E-state index in [4.69, 9.17) is 0 Å². The Hall–Kier alpha value is -3.10. The van der Waals surface area contributed by atoms with E-state index in [2.05, 4.69) is 15.0 Å². The Bertz CT molecular complexity index is 1040. The Balaban J connectivity index is 1.60. The first kappa shape index (κ1) is 19.7. The fourth-order valence-corrected chi connectivity index (χ4v) is 3.43. The van der Waals surface area contributed by atoms with Gasteiger partial charge in [-0.3, -0.25) is 9.78 Å². The van der Waals surface area contributed by atoms with Crippen LogP contribution in [0.5, 0.6) is 0 Å². The van der Waals surface area contributed by atoms with Gasteiger partial charge in [-0.15, -0.1) is 0 Å². The number of sulfonamides is 1. The van der Waals surface area contributed by atoms with Gasteiger partial charge in [0.25, 0.3) is 5.91 Å². The normalized spacial score (nSPS) is 11.2. The molecule has 3 aromatic rings. The second-order valence-electron chi connectivity index (χ2n) is 5.98. The van der Waals surface area contributed by atoms with Gasteiger partial charge < -0.3 is 5.32 Å². The van der Waals surface area contributed by atoms with Crippen molar-refractivity contribution in [3.8, 4) is 0 Å². The summed E-state index contributed by atoms with van der Waals surface area (Å²) < 4.78 is 40.1. The molecule has 144 valence electrons. The molecule has 8 heteroatoms. The predicted octanol–water partition coefficient (Wildman–Crippen LogP) is 2.63. The second kappa shape index (κ2) is 8.73. The van der Waals surface area contributed by atoms with Gasteiger partial charge in [0.2, 0.25) is 10.0 Å². The van der Waals surface area contributed by atoms with Gasteiger partial charge in [-0.1, -0.05) is 18.2 Å². The minimum Gasteiger partial charge on any atom is -0.348 e. The second-order valence-corrected chi connectivity index (χ2v) is 7.75. The number of halogens is 1. The third kappa shape index (κ3) is 5.21. The van der Waals surface area contributed by atoms with E-state index in [1.54, 1.807) is 36.5 Å². The number of rotatable bonds is 7. The number of nitrogens with one attached hydrogen (secondary N) is 2. The summed E-state index contributed by atoms with van der Waals surface area (Å²) in [5, 5.41) is 2.70. The summed E-state index contributed by atoms with van der Waals surface area (Å²) in [5.41, 5.74) is 1.68. The molecule has 0 saturated heterocycles. The molecule has 0 fully saturated rings. The standard InChI is InChI=1S/C20H18FN3O3S/c21-17-8-4-15(5-9-17)13-23-20(25)16-6-10-19(11-7-16)28(26,27)24-14-18-3-1-2-12-22-18/h1-12,24H,13-14H2,(H,23,25). The first-order valence-corrected chi connectivity index (χ1v) is 9.95. The van der Waals surface area contributed by atoms with Crippen LogP contribution in [0, 0.1) is 5.82 Å². The van der Waals surface area contributed by atoms with Crippen molar-refractivity contribution in [3.63, 3.8) is 0 Å². The lowest BCUT2D eigenvalue weighted by molar-refractivity contribution is 0.0951. The molecule has 3 rings (SSSR count). The summed E-state index contributed by atoms with van der Waals surface area (Å²) >= 11 is 0. The van der Waals surface area contributed by atoms with E-state index >= 15 is 0 Å². The number of amides is 1. The number of hydrogen-bond donors (Lipinski definition) is 2. The van der Waals surface area contributed by atoms with Gasteiger partial charge in [0.1, 0.15) is 5.82 Å². The van der Waals surface area contributed by atoms with Gasteiger partial charge in [0.15, 0.2) is 0 Å². The monoisotopic (exact) mass is 399 g/mol. The molecule has 0 aliphatic carbocycles. The summed E-state index contributed by atoms with van der Waals surface area (Å²) in [7, 11) is -3.72. The molecule has 28 heavy (non-hydrogen) atoms. The summed E-state index contributed by atoms with van der Waals surface area (Å²) in [6.45, 7) is 0.313. The zero-order chi connectivity index (χ0) is 20.0. The Kier molecular flexibility index (Phi) is 6.13. The number of carbonyl (C=O) groups is 1. The van der Waals surface area contributed by atoms with E-state index in [9.17, 15) is 17.6 Å². The van der Waals surface area contributed by atoms with Crippen LogP contribution in [0.25, 0.3) is 0 Å². The van der Waals surface area contributed by atoms with Crippen LogP contribution in [0.4, 0.5) is 4.39 Å². The van der Waals surface area contributed by atoms with E-state index < -0.39 is 10.0 Å². The van der Waals surface area contributed by atoms with Gasteiger partial charge in [-0.25, -0.2) is 17.5 Å². The molecule has 1 amide bonds. The van der Waals surface area contributed by atoms with Crippen molar-refractivity contribution in [3.05, 3.63) is 95.6 Å². The minimum absolute atomic E-state index is 0.0542. The summed E-state index contributed by atoms with van der Waals surface area (Å²) in [6.07, 6.45) is 1.59. The number of nitrogens with zero attached hydrogens (tertiary/aromatic N) is 1. The topological polar surface area (TPSA) is 88.2 Å². The van der Waals surface area contributed by atoms with Crippen LogP contribution in [-0.2, 0) is 23.1 Å². The largest absolute Gasteiger partial charge is 0.348 e. The molecule has 2 aromatic carbocycles. The number of benzene rings is 2. The zero-order valence-electron chi connectivity index (χ0n) is 14.8. The maximum Gasteiger partial charge on any atom is 0.251 e. The molecule has 0 spiro atoms. The highest BCUT2D eigenvalue weighted by Gasteiger charge is 2.15. The molecule has 0 radical (unpaired) electrons. The molecule has 0 bridgehead atoms. The van der Waals surface area contributed by atoms with Gasteiger partial charge >= 0.3 is 0 Å². The molecular weight excluding hydrogens is 381 g/mol. The lowest BCUT2D eigenvalue weighted by Crippen LogP contribution is -2.24. The lowest BCUT2D eigenvalue weighted by Gasteiger charge is -2.08. The average molecular weight is 399 g/mol. The van der Waals surface area contributed by atoms with Crippen molar-refractivity contribution in [2.45, 2.75) is 18.0 Å². The van der Waals surface area contributed by atoms with Crippen LogP contribution in [-0.4, -0.2) is 19.3 Å². The van der Waals surface area contributed by atoms with Gasteiger partial charge in [-0.2, -0.15) is 0 Å². The molecule has 6 nitrogen and oxygen atoms in total. The van der Waals surface area contributed by atoms with Crippen LogP contribution >= 0.6 is 0 Å². The first-order chi connectivity index (χ1) is 13.4. The Morgan fingerprint density at radius 2 is 1.64 bits per heavy atom. The van der Waals surface area contributed by atoms with E-state index in [0.717, 1.165) is 5.56 Å². The smallest absolute Gasteiger partial charge is 0.251 e. The quantitative estimate of drug-likeness (QED) is 0.639. The molecule has 0 aliphatic heterocycles. The Morgan fingerprint density at radius 3 is 2.29 bits per heavy atom. The fraction of sp³-hybridized carbons (Fsp3) is 0.100. The van der Waals surface area contributed by atoms with Crippen LogP contribution in [0.15, 0.2) is 77.8 Å². The highest BCUT2D eigenvalue weighted by atomic mass is 32.2. The third-order valence-corrected chi connectivity index (χ3v) is 5.38. The third-order valence-electron chi connectivity index (χ3n) is 3.96. The van der Waals surface area contributed by atoms with Crippen molar-refractivity contribution in [1.29, 1.82) is 0 Å². The van der Waals surface area contributed by atoms with Crippen LogP contribution in [0.3, 0.4) is 0 Å². The van der Waals surface area contributed by atoms with Crippen molar-refractivity contribution >= 4 is 15.9 Å². The highest BCUT2D eigenvalue weighted by molar-refractivity contribution is 7.89. The van der Waals surface area contributed by atoms with Crippen molar-refractivity contribution in [1.82, 2.24) is 15.0 Å². The van der Waals surface area contributed by atoms with Crippen LogP contribution in [0.2, 0.25) is 0 Å². The number of pyridine rings is 1. The number of aromatic nitrogens is 1. The molecule has 0 aliphatic rings. The molecular formula is C20H18FN3O3S.